The van der Waals surface area contributed by atoms with E-state index >= 15 is 0 Å². The molecule has 18 heavy (non-hydrogen) atoms. The average Bonchev–Trinajstić information content (AvgIpc) is 2.37. The Balaban J connectivity index is 2.09. The van der Waals surface area contributed by atoms with Gasteiger partial charge in [-0.3, -0.25) is 4.98 Å². The number of rotatable bonds is 1. The van der Waals surface area contributed by atoms with Gasteiger partial charge >= 0.3 is 0 Å². The van der Waals surface area contributed by atoms with Crippen molar-refractivity contribution in [1.29, 1.82) is 0 Å². The van der Waals surface area contributed by atoms with Crippen molar-refractivity contribution >= 4 is 16.6 Å². The summed E-state index contributed by atoms with van der Waals surface area (Å²) in [4.78, 5) is 7.00. The number of aryl methyl sites for hydroxylation is 1. The van der Waals surface area contributed by atoms with Crippen LogP contribution < -0.4 is 10.6 Å². The normalized spacial score (nSPS) is 20.3. The van der Waals surface area contributed by atoms with E-state index in [1.165, 1.54) is 17.5 Å². The van der Waals surface area contributed by atoms with E-state index in [4.69, 9.17) is 5.73 Å². The van der Waals surface area contributed by atoms with E-state index in [2.05, 4.69) is 41.1 Å². The Hall–Kier alpha value is -1.61. The van der Waals surface area contributed by atoms with Gasteiger partial charge in [0.05, 0.1) is 5.52 Å². The standard InChI is InChI=1S/C15H19N3/c1-11-9-15(18-8-4-5-12(16)10-18)13-6-2-3-7-14(13)17-11/h2-3,6-7,9,12H,4-5,8,10,16H2,1H3/t12-/m1/s1. The van der Waals surface area contributed by atoms with Crippen LogP contribution in [-0.4, -0.2) is 24.1 Å². The van der Waals surface area contributed by atoms with E-state index in [0.717, 1.165) is 30.7 Å². The predicted molar refractivity (Wildman–Crippen MR) is 75.9 cm³/mol. The number of aromatic nitrogens is 1. The number of piperidine rings is 1. The molecule has 2 N–H and O–H groups in total. The fourth-order valence-corrected chi connectivity index (χ4v) is 2.78. The summed E-state index contributed by atoms with van der Waals surface area (Å²) < 4.78 is 0. The molecule has 1 aromatic heterocycles. The zero-order valence-electron chi connectivity index (χ0n) is 10.8. The fourth-order valence-electron chi connectivity index (χ4n) is 2.78. The monoisotopic (exact) mass is 241 g/mol. The van der Waals surface area contributed by atoms with Gasteiger partial charge in [-0.15, -0.1) is 0 Å². The Morgan fingerprint density at radius 1 is 1.33 bits per heavy atom. The summed E-state index contributed by atoms with van der Waals surface area (Å²) in [5.41, 5.74) is 9.52. The van der Waals surface area contributed by atoms with Gasteiger partial charge in [0.15, 0.2) is 0 Å². The molecular formula is C15H19N3. The van der Waals surface area contributed by atoms with Crippen LogP contribution in [0, 0.1) is 6.92 Å². The predicted octanol–water partition coefficient (Wildman–Crippen LogP) is 2.47. The molecule has 0 radical (unpaired) electrons. The Kier molecular flexibility index (Phi) is 2.92. The zero-order valence-corrected chi connectivity index (χ0v) is 10.8. The molecule has 0 spiro atoms. The molecule has 3 heteroatoms. The van der Waals surface area contributed by atoms with E-state index in [9.17, 15) is 0 Å². The average molecular weight is 241 g/mol. The summed E-state index contributed by atoms with van der Waals surface area (Å²) in [5.74, 6) is 0. The highest BCUT2D eigenvalue weighted by molar-refractivity contribution is 5.92. The lowest BCUT2D eigenvalue weighted by Gasteiger charge is -2.33. The number of benzene rings is 1. The largest absolute Gasteiger partial charge is 0.369 e. The molecular weight excluding hydrogens is 222 g/mol. The van der Waals surface area contributed by atoms with E-state index in [-0.39, 0.29) is 0 Å². The van der Waals surface area contributed by atoms with E-state index < -0.39 is 0 Å². The second-order valence-corrected chi connectivity index (χ2v) is 5.15. The number of anilines is 1. The van der Waals surface area contributed by atoms with Gasteiger partial charge in [-0.25, -0.2) is 0 Å². The minimum Gasteiger partial charge on any atom is -0.369 e. The molecule has 1 aliphatic rings. The van der Waals surface area contributed by atoms with Crippen molar-refractivity contribution in [3.05, 3.63) is 36.0 Å². The third-order valence-corrected chi connectivity index (χ3v) is 3.62. The summed E-state index contributed by atoms with van der Waals surface area (Å²) in [6.07, 6.45) is 2.31. The number of fused-ring (bicyclic) bond motifs is 1. The van der Waals surface area contributed by atoms with Gasteiger partial charge < -0.3 is 10.6 Å². The van der Waals surface area contributed by atoms with Gasteiger partial charge in [0.1, 0.15) is 0 Å². The van der Waals surface area contributed by atoms with Crippen LogP contribution in [0.2, 0.25) is 0 Å². The summed E-state index contributed by atoms with van der Waals surface area (Å²) in [7, 11) is 0. The molecule has 0 bridgehead atoms. The smallest absolute Gasteiger partial charge is 0.0726 e. The minimum absolute atomic E-state index is 0.297. The highest BCUT2D eigenvalue weighted by Gasteiger charge is 2.19. The molecule has 1 aromatic carbocycles. The lowest BCUT2D eigenvalue weighted by molar-refractivity contribution is 0.507. The minimum atomic E-state index is 0.297. The molecule has 0 saturated carbocycles. The van der Waals surface area contributed by atoms with Crippen molar-refractivity contribution in [2.24, 2.45) is 5.73 Å². The van der Waals surface area contributed by atoms with Crippen LogP contribution in [0.1, 0.15) is 18.5 Å². The highest BCUT2D eigenvalue weighted by atomic mass is 15.2. The van der Waals surface area contributed by atoms with Crippen molar-refractivity contribution in [3.8, 4) is 0 Å². The molecule has 3 rings (SSSR count). The molecule has 1 fully saturated rings. The second kappa shape index (κ2) is 4.58. The fraction of sp³-hybridized carbons (Fsp3) is 0.400. The van der Waals surface area contributed by atoms with Crippen LogP contribution in [0.3, 0.4) is 0 Å². The maximum absolute atomic E-state index is 6.09. The van der Waals surface area contributed by atoms with Crippen LogP contribution >= 0.6 is 0 Å². The van der Waals surface area contributed by atoms with Gasteiger partial charge in [0.25, 0.3) is 0 Å². The molecule has 0 aliphatic carbocycles. The molecule has 1 atom stereocenters. The molecule has 2 heterocycles. The van der Waals surface area contributed by atoms with Crippen molar-refractivity contribution in [1.82, 2.24) is 4.98 Å². The van der Waals surface area contributed by atoms with Gasteiger partial charge in [-0.05, 0) is 31.9 Å². The van der Waals surface area contributed by atoms with Crippen molar-refractivity contribution in [2.45, 2.75) is 25.8 Å². The third-order valence-electron chi connectivity index (χ3n) is 3.62. The lowest BCUT2D eigenvalue weighted by atomic mass is 10.0. The van der Waals surface area contributed by atoms with Gasteiger partial charge in [0.2, 0.25) is 0 Å². The van der Waals surface area contributed by atoms with Crippen LogP contribution in [0.4, 0.5) is 5.69 Å². The van der Waals surface area contributed by atoms with Crippen molar-refractivity contribution in [3.63, 3.8) is 0 Å². The number of nitrogens with two attached hydrogens (primary N) is 1. The Morgan fingerprint density at radius 2 is 2.17 bits per heavy atom. The third kappa shape index (κ3) is 2.06. The maximum Gasteiger partial charge on any atom is 0.0726 e. The van der Waals surface area contributed by atoms with Crippen LogP contribution in [-0.2, 0) is 0 Å². The molecule has 0 unspecified atom stereocenters. The first-order valence-electron chi connectivity index (χ1n) is 6.61. The molecule has 1 aliphatic heterocycles. The topological polar surface area (TPSA) is 42.1 Å². The molecule has 3 nitrogen and oxygen atoms in total. The number of para-hydroxylation sites is 1. The first kappa shape index (κ1) is 11.5. The Morgan fingerprint density at radius 3 is 3.00 bits per heavy atom. The zero-order chi connectivity index (χ0) is 12.5. The lowest BCUT2D eigenvalue weighted by Crippen LogP contribution is -2.42. The molecule has 2 aromatic rings. The molecule has 1 saturated heterocycles. The summed E-state index contributed by atoms with van der Waals surface area (Å²) >= 11 is 0. The molecule has 94 valence electrons. The van der Waals surface area contributed by atoms with Gasteiger partial charge in [-0.1, -0.05) is 18.2 Å². The van der Waals surface area contributed by atoms with Crippen LogP contribution in [0.5, 0.6) is 0 Å². The molecule has 0 amide bonds. The first-order valence-corrected chi connectivity index (χ1v) is 6.61. The van der Waals surface area contributed by atoms with Gasteiger partial charge in [-0.2, -0.15) is 0 Å². The maximum atomic E-state index is 6.09. The summed E-state index contributed by atoms with van der Waals surface area (Å²) in [6.45, 7) is 4.11. The second-order valence-electron chi connectivity index (χ2n) is 5.15. The number of nitrogens with zero attached hydrogens (tertiary/aromatic N) is 2. The summed E-state index contributed by atoms with van der Waals surface area (Å²) in [6, 6.07) is 10.8. The Labute approximate surface area is 108 Å². The number of pyridine rings is 1. The van der Waals surface area contributed by atoms with Crippen LogP contribution in [0.15, 0.2) is 30.3 Å². The Bertz CT molecular complexity index is 565. The highest BCUT2D eigenvalue weighted by Crippen LogP contribution is 2.28. The number of hydrogen-bond donors (Lipinski definition) is 1. The van der Waals surface area contributed by atoms with Crippen LogP contribution in [0.25, 0.3) is 10.9 Å². The van der Waals surface area contributed by atoms with E-state index in [1.54, 1.807) is 0 Å². The van der Waals surface area contributed by atoms with Gasteiger partial charge in [0, 0.05) is 35.9 Å². The van der Waals surface area contributed by atoms with E-state index in [1.807, 2.05) is 6.07 Å². The SMILES string of the molecule is Cc1cc(N2CCC[C@@H](N)C2)c2ccccc2n1. The number of hydrogen-bond acceptors (Lipinski definition) is 3. The van der Waals surface area contributed by atoms with E-state index in [0.29, 0.717) is 6.04 Å². The van der Waals surface area contributed by atoms with Crippen molar-refractivity contribution < 1.29 is 0 Å². The summed E-state index contributed by atoms with van der Waals surface area (Å²) in [5, 5.41) is 1.23. The quantitative estimate of drug-likeness (QED) is 0.834. The first-order chi connectivity index (χ1) is 8.74. The van der Waals surface area contributed by atoms with Crippen molar-refractivity contribution in [2.75, 3.05) is 18.0 Å².